The summed E-state index contributed by atoms with van der Waals surface area (Å²) in [6.07, 6.45) is 2.16. The van der Waals surface area contributed by atoms with E-state index in [1.807, 2.05) is 0 Å². The highest BCUT2D eigenvalue weighted by molar-refractivity contribution is 6.62. The fourth-order valence-corrected chi connectivity index (χ4v) is 4.04. The van der Waals surface area contributed by atoms with Crippen molar-refractivity contribution in [2.24, 2.45) is 0 Å². The Hall–Kier alpha value is -1.08. The van der Waals surface area contributed by atoms with Crippen LogP contribution in [0.3, 0.4) is 0 Å². The molecule has 3 heterocycles. The average molecular weight is 373 g/mol. The molecule has 3 aliphatic rings. The van der Waals surface area contributed by atoms with Crippen molar-refractivity contribution in [2.75, 3.05) is 44.4 Å². The Morgan fingerprint density at radius 3 is 2.07 bits per heavy atom. The predicted octanol–water partition coefficient (Wildman–Crippen LogP) is 2.72. The average Bonchev–Trinajstić information content (AvgIpc) is 2.90. The van der Waals surface area contributed by atoms with Crippen LogP contribution in [0.25, 0.3) is 0 Å². The van der Waals surface area contributed by atoms with Crippen LogP contribution >= 0.6 is 0 Å². The van der Waals surface area contributed by atoms with Gasteiger partial charge in [-0.1, -0.05) is 6.07 Å². The maximum absolute atomic E-state index is 6.34. The second-order valence-electron chi connectivity index (χ2n) is 8.93. The Morgan fingerprint density at radius 2 is 1.44 bits per heavy atom. The summed E-state index contributed by atoms with van der Waals surface area (Å²) in [5.41, 5.74) is 3.11. The summed E-state index contributed by atoms with van der Waals surface area (Å²) in [4.78, 5) is 2.42. The van der Waals surface area contributed by atoms with Crippen LogP contribution in [0.4, 0.5) is 5.69 Å². The number of nitrogens with zero attached hydrogens (tertiary/aromatic N) is 1. The van der Waals surface area contributed by atoms with Crippen molar-refractivity contribution >= 4 is 18.3 Å². The molecular formula is C21H32BNO4. The lowest BCUT2D eigenvalue weighted by Gasteiger charge is -2.32. The van der Waals surface area contributed by atoms with E-state index in [-0.39, 0.29) is 18.3 Å². The summed E-state index contributed by atoms with van der Waals surface area (Å²) < 4.78 is 23.8. The SMILES string of the molecule is CC1(C)OB(c2cc(C3CCOCC3)cc(N3CCOCC3)c2)OC1(C)C. The molecule has 0 amide bonds. The molecular weight excluding hydrogens is 341 g/mol. The molecule has 0 aliphatic carbocycles. The molecule has 5 nitrogen and oxygen atoms in total. The van der Waals surface area contributed by atoms with E-state index in [4.69, 9.17) is 18.8 Å². The summed E-state index contributed by atoms with van der Waals surface area (Å²) in [7, 11) is -0.324. The molecule has 3 saturated heterocycles. The fourth-order valence-electron chi connectivity index (χ4n) is 4.04. The molecule has 0 saturated carbocycles. The summed E-state index contributed by atoms with van der Waals surface area (Å²) in [5.74, 6) is 0.543. The van der Waals surface area contributed by atoms with E-state index in [0.717, 1.165) is 57.8 Å². The van der Waals surface area contributed by atoms with Crippen molar-refractivity contribution in [3.05, 3.63) is 23.8 Å². The second-order valence-corrected chi connectivity index (χ2v) is 8.93. The highest BCUT2D eigenvalue weighted by Gasteiger charge is 2.51. The molecule has 1 aromatic rings. The maximum Gasteiger partial charge on any atom is 0.494 e. The first-order valence-electron chi connectivity index (χ1n) is 10.3. The molecule has 0 bridgehead atoms. The number of rotatable bonds is 3. The van der Waals surface area contributed by atoms with Crippen LogP contribution < -0.4 is 10.4 Å². The summed E-state index contributed by atoms with van der Waals surface area (Å²) in [6, 6.07) is 6.90. The Bertz CT molecular complexity index is 614. The molecule has 0 spiro atoms. The third-order valence-corrected chi connectivity index (χ3v) is 6.56. The van der Waals surface area contributed by atoms with Gasteiger partial charge < -0.3 is 23.7 Å². The van der Waals surface area contributed by atoms with Crippen LogP contribution in [0.2, 0.25) is 0 Å². The van der Waals surface area contributed by atoms with Gasteiger partial charge in [0, 0.05) is 32.0 Å². The quantitative estimate of drug-likeness (QED) is 0.762. The Kier molecular flexibility index (Phi) is 5.27. The Balaban J connectivity index is 1.67. The smallest absolute Gasteiger partial charge is 0.399 e. The van der Waals surface area contributed by atoms with Crippen LogP contribution in [0.15, 0.2) is 18.2 Å². The first-order chi connectivity index (χ1) is 12.9. The predicted molar refractivity (Wildman–Crippen MR) is 108 cm³/mol. The zero-order valence-electron chi connectivity index (χ0n) is 17.1. The van der Waals surface area contributed by atoms with Gasteiger partial charge in [0.2, 0.25) is 0 Å². The van der Waals surface area contributed by atoms with Gasteiger partial charge in [-0.15, -0.1) is 0 Å². The molecule has 3 aliphatic heterocycles. The van der Waals surface area contributed by atoms with Gasteiger partial charge in [0.1, 0.15) is 0 Å². The van der Waals surface area contributed by atoms with Crippen LogP contribution in [0.5, 0.6) is 0 Å². The van der Waals surface area contributed by atoms with Crippen molar-refractivity contribution < 1.29 is 18.8 Å². The number of anilines is 1. The van der Waals surface area contributed by atoms with Gasteiger partial charge in [0.05, 0.1) is 24.4 Å². The van der Waals surface area contributed by atoms with Crippen molar-refractivity contribution in [1.29, 1.82) is 0 Å². The van der Waals surface area contributed by atoms with E-state index < -0.39 is 0 Å². The topological polar surface area (TPSA) is 40.2 Å². The zero-order chi connectivity index (χ0) is 19.1. The minimum atomic E-state index is -0.328. The van der Waals surface area contributed by atoms with Crippen LogP contribution in [0.1, 0.15) is 52.0 Å². The van der Waals surface area contributed by atoms with Crippen LogP contribution in [0, 0.1) is 0 Å². The van der Waals surface area contributed by atoms with Gasteiger partial charge in [-0.25, -0.2) is 0 Å². The number of benzene rings is 1. The molecule has 3 fully saturated rings. The van der Waals surface area contributed by atoms with E-state index in [1.165, 1.54) is 11.3 Å². The van der Waals surface area contributed by atoms with E-state index in [9.17, 15) is 0 Å². The monoisotopic (exact) mass is 373 g/mol. The molecule has 4 rings (SSSR count). The standard InChI is InChI=1S/C21H32BNO4/c1-20(2)21(3,4)27-22(26-20)18-13-17(16-5-9-24-10-6-16)14-19(15-18)23-7-11-25-12-8-23/h13-16H,5-12H2,1-4H3. The van der Waals surface area contributed by atoms with Gasteiger partial charge in [0.15, 0.2) is 0 Å². The van der Waals surface area contributed by atoms with Gasteiger partial charge in [0.25, 0.3) is 0 Å². The van der Waals surface area contributed by atoms with Gasteiger partial charge in [-0.2, -0.15) is 0 Å². The second kappa shape index (κ2) is 7.39. The Morgan fingerprint density at radius 1 is 0.852 bits per heavy atom. The number of ether oxygens (including phenoxy) is 2. The van der Waals surface area contributed by atoms with Crippen molar-refractivity contribution in [2.45, 2.75) is 57.7 Å². The first kappa shape index (κ1) is 19.3. The molecule has 0 aromatic heterocycles. The van der Waals surface area contributed by atoms with Crippen LogP contribution in [-0.4, -0.2) is 57.8 Å². The lowest BCUT2D eigenvalue weighted by Crippen LogP contribution is -2.41. The molecule has 148 valence electrons. The summed E-state index contributed by atoms with van der Waals surface area (Å²) in [6.45, 7) is 13.6. The minimum Gasteiger partial charge on any atom is -0.399 e. The van der Waals surface area contributed by atoms with E-state index >= 15 is 0 Å². The lowest BCUT2D eigenvalue weighted by molar-refractivity contribution is 0.00578. The number of hydrogen-bond donors (Lipinski definition) is 0. The highest BCUT2D eigenvalue weighted by Crippen LogP contribution is 2.37. The molecule has 1 aromatic carbocycles. The normalized spacial score (nSPS) is 25.8. The largest absolute Gasteiger partial charge is 0.494 e. The van der Waals surface area contributed by atoms with Crippen LogP contribution in [-0.2, 0) is 18.8 Å². The highest BCUT2D eigenvalue weighted by atomic mass is 16.7. The number of morpholine rings is 1. The zero-order valence-corrected chi connectivity index (χ0v) is 17.1. The van der Waals surface area contributed by atoms with E-state index in [1.54, 1.807) is 0 Å². The van der Waals surface area contributed by atoms with Crippen molar-refractivity contribution in [1.82, 2.24) is 0 Å². The van der Waals surface area contributed by atoms with Crippen molar-refractivity contribution in [3.63, 3.8) is 0 Å². The van der Waals surface area contributed by atoms with Gasteiger partial charge >= 0.3 is 7.12 Å². The number of hydrogen-bond acceptors (Lipinski definition) is 5. The van der Waals surface area contributed by atoms with Gasteiger partial charge in [-0.05, 0) is 69.6 Å². The summed E-state index contributed by atoms with van der Waals surface area (Å²) in [5, 5.41) is 0. The van der Waals surface area contributed by atoms with E-state index in [2.05, 4.69) is 50.8 Å². The molecule has 0 unspecified atom stereocenters. The summed E-state index contributed by atoms with van der Waals surface area (Å²) >= 11 is 0. The third kappa shape index (κ3) is 3.90. The minimum absolute atomic E-state index is 0.324. The molecule has 27 heavy (non-hydrogen) atoms. The lowest BCUT2D eigenvalue weighted by atomic mass is 9.76. The van der Waals surface area contributed by atoms with Gasteiger partial charge in [-0.3, -0.25) is 0 Å². The first-order valence-corrected chi connectivity index (χ1v) is 10.3. The fraction of sp³-hybridized carbons (Fsp3) is 0.714. The molecule has 0 radical (unpaired) electrons. The van der Waals surface area contributed by atoms with Crippen molar-refractivity contribution in [3.8, 4) is 0 Å². The Labute approximate surface area is 163 Å². The molecule has 6 heteroatoms. The third-order valence-electron chi connectivity index (χ3n) is 6.56. The maximum atomic E-state index is 6.34. The molecule has 0 atom stereocenters. The van der Waals surface area contributed by atoms with E-state index in [0.29, 0.717) is 5.92 Å². The molecule has 0 N–H and O–H groups in total.